The second-order valence-corrected chi connectivity index (χ2v) is 4.33. The van der Waals surface area contributed by atoms with Gasteiger partial charge in [0, 0.05) is 11.8 Å². The molecule has 0 saturated carbocycles. The van der Waals surface area contributed by atoms with Crippen molar-refractivity contribution in [1.82, 2.24) is 9.66 Å². The lowest BCUT2D eigenvalue weighted by molar-refractivity contribution is -0.135. The lowest BCUT2D eigenvalue weighted by atomic mass is 10.4. The molecule has 2 heterocycles. The Morgan fingerprint density at radius 3 is 3.12 bits per heavy atom. The van der Waals surface area contributed by atoms with Gasteiger partial charge in [0.05, 0.1) is 12.4 Å². The fraction of sp³-hybridized carbons (Fsp3) is 0.400. The van der Waals surface area contributed by atoms with Gasteiger partial charge in [0.25, 0.3) is 5.56 Å². The van der Waals surface area contributed by atoms with E-state index in [4.69, 9.17) is 4.74 Å². The molecule has 0 bridgehead atoms. The second kappa shape index (κ2) is 4.70. The molecule has 2 rings (SSSR count). The second-order valence-electron chi connectivity index (χ2n) is 3.39. The van der Waals surface area contributed by atoms with Crippen molar-refractivity contribution in [2.24, 2.45) is 5.10 Å². The molecule has 90 valence electrons. The van der Waals surface area contributed by atoms with Crippen molar-refractivity contribution in [3.63, 3.8) is 0 Å². The molecule has 0 aliphatic carbocycles. The van der Waals surface area contributed by atoms with E-state index < -0.39 is 5.97 Å². The molecule has 1 aromatic heterocycles. The molecule has 0 saturated heterocycles. The standard InChI is InChI=1S/C10H11N3O3S/c1-3-16-9(15)7-5-17-10-11-6(2)4-8(14)13(10)12-7/h4H,3,5H2,1-2H3. The number of hydrogen-bond acceptors (Lipinski definition) is 6. The summed E-state index contributed by atoms with van der Waals surface area (Å²) in [5.41, 5.74) is 0.585. The smallest absolute Gasteiger partial charge is 0.355 e. The van der Waals surface area contributed by atoms with Gasteiger partial charge in [-0.25, -0.2) is 9.78 Å². The number of esters is 1. The van der Waals surface area contributed by atoms with Crippen molar-refractivity contribution < 1.29 is 9.53 Å². The Morgan fingerprint density at radius 2 is 2.41 bits per heavy atom. The minimum absolute atomic E-state index is 0.233. The van der Waals surface area contributed by atoms with Crippen LogP contribution in [0.5, 0.6) is 0 Å². The normalized spacial score (nSPS) is 13.9. The molecule has 7 heteroatoms. The molecule has 0 spiro atoms. The molecule has 1 aliphatic heterocycles. The highest BCUT2D eigenvalue weighted by molar-refractivity contribution is 8.00. The van der Waals surface area contributed by atoms with Crippen molar-refractivity contribution in [2.75, 3.05) is 12.4 Å². The quantitative estimate of drug-likeness (QED) is 0.564. The molecule has 0 N–H and O–H groups in total. The van der Waals surface area contributed by atoms with Crippen molar-refractivity contribution in [2.45, 2.75) is 19.0 Å². The zero-order valence-electron chi connectivity index (χ0n) is 9.47. The predicted molar refractivity (Wildman–Crippen MR) is 63.4 cm³/mol. The van der Waals surface area contributed by atoms with E-state index >= 15 is 0 Å². The minimum Gasteiger partial charge on any atom is -0.461 e. The van der Waals surface area contributed by atoms with Crippen LogP contribution in [0.2, 0.25) is 0 Å². The zero-order chi connectivity index (χ0) is 12.4. The van der Waals surface area contributed by atoms with E-state index in [0.29, 0.717) is 16.6 Å². The molecular weight excluding hydrogens is 242 g/mol. The van der Waals surface area contributed by atoms with E-state index in [9.17, 15) is 9.59 Å². The lowest BCUT2D eigenvalue weighted by Gasteiger charge is -2.14. The van der Waals surface area contributed by atoms with Gasteiger partial charge in [-0.1, -0.05) is 11.8 Å². The Hall–Kier alpha value is -1.63. The van der Waals surface area contributed by atoms with E-state index in [1.807, 2.05) is 0 Å². The highest BCUT2D eigenvalue weighted by Gasteiger charge is 2.21. The molecule has 0 amide bonds. The summed E-state index contributed by atoms with van der Waals surface area (Å²) < 4.78 is 5.97. The monoisotopic (exact) mass is 253 g/mol. The molecule has 0 unspecified atom stereocenters. The molecule has 6 nitrogen and oxygen atoms in total. The third-order valence-electron chi connectivity index (χ3n) is 2.06. The maximum absolute atomic E-state index is 11.7. The number of hydrogen-bond donors (Lipinski definition) is 0. The fourth-order valence-electron chi connectivity index (χ4n) is 1.35. The summed E-state index contributed by atoms with van der Waals surface area (Å²) in [6, 6.07) is 1.38. The van der Waals surface area contributed by atoms with Crippen molar-refractivity contribution in [3.8, 4) is 0 Å². The van der Waals surface area contributed by atoms with Crippen molar-refractivity contribution >= 4 is 23.4 Å². The van der Waals surface area contributed by atoms with Gasteiger partial charge in [-0.2, -0.15) is 9.78 Å². The van der Waals surface area contributed by atoms with E-state index in [2.05, 4.69) is 10.1 Å². The zero-order valence-corrected chi connectivity index (χ0v) is 10.3. The first kappa shape index (κ1) is 11.8. The summed E-state index contributed by atoms with van der Waals surface area (Å²) in [5.74, 6) is -0.118. The average molecular weight is 253 g/mol. The molecule has 0 aromatic carbocycles. The van der Waals surface area contributed by atoms with Crippen LogP contribution in [0.25, 0.3) is 0 Å². The largest absolute Gasteiger partial charge is 0.461 e. The molecule has 0 atom stereocenters. The van der Waals surface area contributed by atoms with Gasteiger partial charge in [-0.3, -0.25) is 4.79 Å². The van der Waals surface area contributed by atoms with Crippen LogP contribution in [-0.4, -0.2) is 33.7 Å². The SMILES string of the molecule is CCOC(=O)C1=Nn2c(nc(C)cc2=O)SC1. The summed E-state index contributed by atoms with van der Waals surface area (Å²) in [6.07, 6.45) is 0. The van der Waals surface area contributed by atoms with Gasteiger partial charge >= 0.3 is 5.97 Å². The molecule has 1 aromatic rings. The van der Waals surface area contributed by atoms with Crippen LogP contribution in [0.15, 0.2) is 21.1 Å². The minimum atomic E-state index is -0.488. The van der Waals surface area contributed by atoms with E-state index in [0.717, 1.165) is 4.68 Å². The van der Waals surface area contributed by atoms with E-state index in [1.54, 1.807) is 13.8 Å². The van der Waals surface area contributed by atoms with Gasteiger partial charge in [0.15, 0.2) is 10.9 Å². The van der Waals surface area contributed by atoms with Crippen LogP contribution in [0, 0.1) is 6.92 Å². The summed E-state index contributed by atoms with van der Waals surface area (Å²) >= 11 is 1.30. The van der Waals surface area contributed by atoms with Gasteiger partial charge in [-0.05, 0) is 13.8 Å². The highest BCUT2D eigenvalue weighted by Crippen LogP contribution is 2.19. The number of fused-ring (bicyclic) bond motifs is 1. The van der Waals surface area contributed by atoms with Crippen LogP contribution < -0.4 is 5.56 Å². The maximum Gasteiger partial charge on any atom is 0.355 e. The number of thioether (sulfide) groups is 1. The maximum atomic E-state index is 11.7. The first-order valence-corrected chi connectivity index (χ1v) is 6.09. The third kappa shape index (κ3) is 2.38. The highest BCUT2D eigenvalue weighted by atomic mass is 32.2. The number of rotatable bonds is 2. The predicted octanol–water partition coefficient (Wildman–Crippen LogP) is 0.425. The first-order valence-electron chi connectivity index (χ1n) is 5.10. The summed E-state index contributed by atoms with van der Waals surface area (Å²) in [4.78, 5) is 27.3. The number of carbonyl (C=O) groups excluding carboxylic acids is 1. The van der Waals surface area contributed by atoms with Crippen LogP contribution >= 0.6 is 11.8 Å². The Bertz CT molecular complexity index is 550. The first-order chi connectivity index (χ1) is 8.11. The molecule has 0 radical (unpaired) electrons. The van der Waals surface area contributed by atoms with Gasteiger partial charge in [0.1, 0.15) is 0 Å². The summed E-state index contributed by atoms with van der Waals surface area (Å²) in [6.45, 7) is 3.75. The van der Waals surface area contributed by atoms with E-state index in [1.165, 1.54) is 17.8 Å². The molecule has 1 aliphatic rings. The third-order valence-corrected chi connectivity index (χ3v) is 3.00. The van der Waals surface area contributed by atoms with Crippen LogP contribution in [0.4, 0.5) is 0 Å². The lowest BCUT2D eigenvalue weighted by Crippen LogP contribution is -2.29. The van der Waals surface area contributed by atoms with Crippen LogP contribution in [0.3, 0.4) is 0 Å². The van der Waals surface area contributed by atoms with Crippen LogP contribution in [-0.2, 0) is 9.53 Å². The van der Waals surface area contributed by atoms with Crippen molar-refractivity contribution in [3.05, 3.63) is 22.1 Å². The number of aromatic nitrogens is 2. The topological polar surface area (TPSA) is 73.5 Å². The van der Waals surface area contributed by atoms with Gasteiger partial charge in [0.2, 0.25) is 0 Å². The summed E-state index contributed by atoms with van der Waals surface area (Å²) in [7, 11) is 0. The number of carbonyl (C=O) groups is 1. The van der Waals surface area contributed by atoms with Gasteiger partial charge in [-0.15, -0.1) is 0 Å². The Morgan fingerprint density at radius 1 is 1.65 bits per heavy atom. The molecule has 17 heavy (non-hydrogen) atoms. The Balaban J connectivity index is 2.41. The fourth-order valence-corrected chi connectivity index (χ4v) is 2.25. The summed E-state index contributed by atoms with van der Waals surface area (Å²) in [5, 5.41) is 4.47. The number of nitrogens with zero attached hydrogens (tertiary/aromatic N) is 3. The van der Waals surface area contributed by atoms with Gasteiger partial charge < -0.3 is 4.74 Å². The molecular formula is C10H11N3O3S. The van der Waals surface area contributed by atoms with E-state index in [-0.39, 0.29) is 17.9 Å². The van der Waals surface area contributed by atoms with Crippen molar-refractivity contribution in [1.29, 1.82) is 0 Å². The molecule has 0 fully saturated rings. The number of aryl methyl sites for hydroxylation is 1. The Labute approximate surface area is 102 Å². The Kier molecular flexibility index (Phi) is 3.28. The number of ether oxygens (including phenoxy) is 1. The van der Waals surface area contributed by atoms with Crippen LogP contribution in [0.1, 0.15) is 12.6 Å². The average Bonchev–Trinajstić information content (AvgIpc) is 2.28.